The number of aliphatic carboxylic acids is 3. The van der Waals surface area contributed by atoms with Gasteiger partial charge in [0.2, 0.25) is 0 Å². The van der Waals surface area contributed by atoms with Gasteiger partial charge in [-0.1, -0.05) is 64.4 Å². The van der Waals surface area contributed by atoms with Crippen molar-refractivity contribution in [2.75, 3.05) is 0 Å². The molecule has 0 fully saturated rings. The average molecular weight is 414 g/mol. The van der Waals surface area contributed by atoms with E-state index in [2.05, 4.69) is 0 Å². The highest BCUT2D eigenvalue weighted by atomic mass is 16.4. The Balaban J connectivity index is 0. The Bertz CT molecular complexity index is 609. The Morgan fingerprint density at radius 2 is 1.28 bits per heavy atom. The van der Waals surface area contributed by atoms with E-state index < -0.39 is 36.0 Å². The first-order chi connectivity index (χ1) is 13.3. The van der Waals surface area contributed by atoms with E-state index in [1.807, 2.05) is 44.2 Å². The molecule has 0 radical (unpaired) electrons. The molecule has 0 heterocycles. The number of hydrogen-bond donors (Lipinski definition) is 6. The van der Waals surface area contributed by atoms with Crippen molar-refractivity contribution in [1.82, 2.24) is 0 Å². The van der Waals surface area contributed by atoms with Crippen molar-refractivity contribution in [3.05, 3.63) is 35.9 Å². The molecule has 0 aliphatic rings. The number of carbonyl (C=O) groups is 3. The van der Waals surface area contributed by atoms with Gasteiger partial charge in [-0.2, -0.15) is 0 Å². The predicted molar refractivity (Wildman–Crippen MR) is 111 cm³/mol. The molecular formula is C20H35N3O6. The van der Waals surface area contributed by atoms with Gasteiger partial charge in [0.1, 0.15) is 18.1 Å². The zero-order chi connectivity index (χ0) is 23.1. The Morgan fingerprint density at radius 1 is 0.828 bits per heavy atom. The maximum Gasteiger partial charge on any atom is 0.320 e. The molecule has 9 N–H and O–H groups in total. The fraction of sp³-hybridized carbons (Fsp3) is 0.550. The lowest BCUT2D eigenvalue weighted by Gasteiger charge is -2.11. The number of rotatable bonds is 8. The Hall–Kier alpha value is -2.49. The van der Waals surface area contributed by atoms with Crippen molar-refractivity contribution >= 4 is 17.9 Å². The van der Waals surface area contributed by atoms with Crippen LogP contribution >= 0.6 is 0 Å². The quantitative estimate of drug-likeness (QED) is 0.363. The van der Waals surface area contributed by atoms with E-state index in [1.165, 1.54) is 0 Å². The lowest BCUT2D eigenvalue weighted by molar-refractivity contribution is -0.140. The summed E-state index contributed by atoms with van der Waals surface area (Å²) < 4.78 is 0. The molecule has 9 nitrogen and oxygen atoms in total. The molecule has 9 heteroatoms. The summed E-state index contributed by atoms with van der Waals surface area (Å²) >= 11 is 0. The lowest BCUT2D eigenvalue weighted by atomic mass is 10.0. The van der Waals surface area contributed by atoms with Gasteiger partial charge in [0.15, 0.2) is 0 Å². The normalized spacial score (nSPS) is 14.2. The number of hydrogen-bond acceptors (Lipinski definition) is 6. The van der Waals surface area contributed by atoms with E-state index >= 15 is 0 Å². The minimum absolute atomic E-state index is 0.0208. The molecule has 0 aliphatic heterocycles. The standard InChI is InChI=1S/C9H11NO2.C6H13NO2.C5H11NO2/c10-8(9(11)12)6-7-4-2-1-3-5-7;1-3-4(2)5(7)6(8)9;1-3(2)4(6)5(7)8/h1-5,8H,6,10H2,(H,11,12);4-5H,3,7H2,1-2H3,(H,8,9);3-4H,6H2,1-2H3,(H,7,8). The largest absolute Gasteiger partial charge is 0.480 e. The molecule has 0 spiro atoms. The Labute approximate surface area is 171 Å². The Kier molecular flexibility index (Phi) is 15.3. The maximum absolute atomic E-state index is 10.4. The van der Waals surface area contributed by atoms with Crippen LogP contribution in [-0.4, -0.2) is 51.4 Å². The number of carboxylic acid groups (broad SMARTS) is 3. The van der Waals surface area contributed by atoms with Crippen molar-refractivity contribution < 1.29 is 29.7 Å². The van der Waals surface area contributed by atoms with Crippen molar-refractivity contribution in [2.45, 2.75) is 58.7 Å². The van der Waals surface area contributed by atoms with Gasteiger partial charge < -0.3 is 32.5 Å². The maximum atomic E-state index is 10.4. The van der Waals surface area contributed by atoms with Crippen LogP contribution in [0.15, 0.2) is 30.3 Å². The van der Waals surface area contributed by atoms with Crippen LogP contribution in [0, 0.1) is 11.8 Å². The molecular weight excluding hydrogens is 378 g/mol. The second kappa shape index (κ2) is 15.4. The molecule has 1 rings (SSSR count). The van der Waals surface area contributed by atoms with Crippen molar-refractivity contribution in [1.29, 1.82) is 0 Å². The van der Waals surface area contributed by atoms with E-state index in [1.54, 1.807) is 13.8 Å². The van der Waals surface area contributed by atoms with E-state index in [9.17, 15) is 14.4 Å². The van der Waals surface area contributed by atoms with E-state index in [0.717, 1.165) is 12.0 Å². The average Bonchev–Trinajstić information content (AvgIpc) is 2.67. The van der Waals surface area contributed by atoms with Gasteiger partial charge in [-0.05, 0) is 23.8 Å². The van der Waals surface area contributed by atoms with E-state index in [-0.39, 0.29) is 11.8 Å². The monoisotopic (exact) mass is 413 g/mol. The van der Waals surface area contributed by atoms with Gasteiger partial charge in [-0.25, -0.2) is 0 Å². The smallest absolute Gasteiger partial charge is 0.320 e. The summed E-state index contributed by atoms with van der Waals surface area (Å²) in [5, 5.41) is 25.1. The summed E-state index contributed by atoms with van der Waals surface area (Å²) in [6.45, 7) is 7.31. The van der Waals surface area contributed by atoms with Crippen LogP contribution in [0.1, 0.15) is 39.7 Å². The molecule has 0 amide bonds. The first kappa shape index (κ1) is 28.7. The molecule has 1 aromatic rings. The summed E-state index contributed by atoms with van der Waals surface area (Å²) in [6, 6.07) is 7.13. The number of benzene rings is 1. The third-order valence-corrected chi connectivity index (χ3v) is 4.16. The van der Waals surface area contributed by atoms with Crippen LogP contribution in [0.3, 0.4) is 0 Å². The molecule has 4 atom stereocenters. The summed E-state index contributed by atoms with van der Waals surface area (Å²) in [6.07, 6.45) is 1.20. The summed E-state index contributed by atoms with van der Waals surface area (Å²) in [4.78, 5) is 30.6. The molecule has 166 valence electrons. The van der Waals surface area contributed by atoms with Gasteiger partial charge in [0.05, 0.1) is 0 Å². The molecule has 29 heavy (non-hydrogen) atoms. The van der Waals surface area contributed by atoms with Crippen LogP contribution < -0.4 is 17.2 Å². The highest BCUT2D eigenvalue weighted by Crippen LogP contribution is 2.04. The van der Waals surface area contributed by atoms with Crippen LogP contribution in [-0.2, 0) is 20.8 Å². The molecule has 0 bridgehead atoms. The summed E-state index contributed by atoms with van der Waals surface area (Å²) in [5.74, 6) is -2.71. The van der Waals surface area contributed by atoms with Crippen molar-refractivity contribution in [2.24, 2.45) is 29.0 Å². The van der Waals surface area contributed by atoms with Crippen LogP contribution in [0.4, 0.5) is 0 Å². The zero-order valence-electron chi connectivity index (χ0n) is 17.5. The summed E-state index contributed by atoms with van der Waals surface area (Å²) in [5.41, 5.74) is 16.7. The molecule has 0 saturated carbocycles. The summed E-state index contributed by atoms with van der Waals surface area (Å²) in [7, 11) is 0. The second-order valence-corrected chi connectivity index (χ2v) is 6.99. The fourth-order valence-corrected chi connectivity index (χ4v) is 1.74. The first-order valence-corrected chi connectivity index (χ1v) is 9.34. The SMILES string of the molecule is CC(C)C(N)C(=O)O.CCC(C)C(N)C(=O)O.NC(Cc1ccccc1)C(=O)O. The van der Waals surface area contributed by atoms with Crippen molar-refractivity contribution in [3.63, 3.8) is 0 Å². The minimum atomic E-state index is -0.959. The molecule has 0 saturated heterocycles. The second-order valence-electron chi connectivity index (χ2n) is 6.99. The fourth-order valence-electron chi connectivity index (χ4n) is 1.74. The van der Waals surface area contributed by atoms with E-state index in [4.69, 9.17) is 32.5 Å². The number of carboxylic acids is 3. The number of nitrogens with two attached hydrogens (primary N) is 3. The molecule has 0 aliphatic carbocycles. The predicted octanol–water partition coefficient (Wildman–Crippen LogP) is 1.14. The molecule has 4 unspecified atom stereocenters. The third kappa shape index (κ3) is 14.2. The highest BCUT2D eigenvalue weighted by Gasteiger charge is 2.17. The molecule has 0 aromatic heterocycles. The molecule has 1 aromatic carbocycles. The lowest BCUT2D eigenvalue weighted by Crippen LogP contribution is -2.36. The van der Waals surface area contributed by atoms with Crippen LogP contribution in [0.2, 0.25) is 0 Å². The third-order valence-electron chi connectivity index (χ3n) is 4.16. The topological polar surface area (TPSA) is 190 Å². The van der Waals surface area contributed by atoms with Crippen molar-refractivity contribution in [3.8, 4) is 0 Å². The van der Waals surface area contributed by atoms with Crippen LogP contribution in [0.5, 0.6) is 0 Å². The van der Waals surface area contributed by atoms with Gasteiger partial charge in [0.25, 0.3) is 0 Å². The highest BCUT2D eigenvalue weighted by molar-refractivity contribution is 5.74. The van der Waals surface area contributed by atoms with E-state index in [0.29, 0.717) is 6.42 Å². The van der Waals surface area contributed by atoms with Gasteiger partial charge in [-0.15, -0.1) is 0 Å². The van der Waals surface area contributed by atoms with Gasteiger partial charge in [0, 0.05) is 0 Å². The Morgan fingerprint density at radius 3 is 1.52 bits per heavy atom. The first-order valence-electron chi connectivity index (χ1n) is 9.34. The van der Waals surface area contributed by atoms with Gasteiger partial charge in [-0.3, -0.25) is 14.4 Å². The minimum Gasteiger partial charge on any atom is -0.480 e. The van der Waals surface area contributed by atoms with Crippen LogP contribution in [0.25, 0.3) is 0 Å². The zero-order valence-corrected chi connectivity index (χ0v) is 17.5. The van der Waals surface area contributed by atoms with Gasteiger partial charge >= 0.3 is 17.9 Å².